The molecule has 2 N–H and O–H groups in total. The molecule has 1 amide bonds. The van der Waals surface area contributed by atoms with Crippen LogP contribution in [0.5, 0.6) is 0 Å². The van der Waals surface area contributed by atoms with Gasteiger partial charge in [-0.3, -0.25) is 4.79 Å². The number of carboxylic acids is 1. The van der Waals surface area contributed by atoms with Crippen molar-refractivity contribution in [3.05, 3.63) is 45.7 Å². The Bertz CT molecular complexity index is 794. The van der Waals surface area contributed by atoms with Crippen molar-refractivity contribution < 1.29 is 14.7 Å². The van der Waals surface area contributed by atoms with Crippen molar-refractivity contribution >= 4 is 27.8 Å². The second-order valence-electron chi connectivity index (χ2n) is 6.07. The molecule has 1 unspecified atom stereocenters. The third-order valence-corrected chi connectivity index (χ3v) is 5.37. The van der Waals surface area contributed by atoms with Gasteiger partial charge in [0.1, 0.15) is 6.04 Å². The summed E-state index contributed by atoms with van der Waals surface area (Å²) in [6.45, 7) is 3.87. The molecule has 1 saturated carbocycles. The van der Waals surface area contributed by atoms with E-state index in [9.17, 15) is 14.7 Å². The summed E-state index contributed by atoms with van der Waals surface area (Å²) >= 11 is 3.49. The number of hydrogen-bond donors (Lipinski definition) is 2. The standard InChI is InChI=1S/C17H18BrN3O3/c1-9-14(18)10(2)21(20-9)13-7-5-12(6-8-13)16(22)19-15(17(23)24)11-3-4-11/h5-8,11,15H,3-4H2,1-2H3,(H,19,22)(H,23,24). The number of aliphatic carboxylic acids is 1. The molecule has 0 aliphatic heterocycles. The summed E-state index contributed by atoms with van der Waals surface area (Å²) in [7, 11) is 0. The normalized spacial score (nSPS) is 15.1. The zero-order valence-electron chi connectivity index (χ0n) is 13.4. The Kier molecular flexibility index (Phi) is 4.45. The summed E-state index contributed by atoms with van der Waals surface area (Å²) in [5.74, 6) is -1.29. The molecule has 2 aromatic rings. The third kappa shape index (κ3) is 3.21. The Morgan fingerprint density at radius 2 is 1.92 bits per heavy atom. The SMILES string of the molecule is Cc1nn(-c2ccc(C(=O)NC(C(=O)O)C3CC3)cc2)c(C)c1Br. The topological polar surface area (TPSA) is 84.2 Å². The van der Waals surface area contributed by atoms with Crippen LogP contribution in [0.3, 0.4) is 0 Å². The molecule has 1 aliphatic carbocycles. The fourth-order valence-corrected chi connectivity index (χ4v) is 2.91. The Hall–Kier alpha value is -2.15. The fourth-order valence-electron chi connectivity index (χ4n) is 2.66. The fraction of sp³-hybridized carbons (Fsp3) is 0.353. The average molecular weight is 392 g/mol. The highest BCUT2D eigenvalue weighted by Gasteiger charge is 2.37. The molecule has 1 aliphatic rings. The van der Waals surface area contributed by atoms with E-state index in [0.29, 0.717) is 5.56 Å². The second kappa shape index (κ2) is 6.39. The second-order valence-corrected chi connectivity index (χ2v) is 6.86. The summed E-state index contributed by atoms with van der Waals surface area (Å²) in [4.78, 5) is 23.5. The van der Waals surface area contributed by atoms with Crippen LogP contribution >= 0.6 is 15.9 Å². The van der Waals surface area contributed by atoms with Gasteiger partial charge < -0.3 is 10.4 Å². The first-order chi connectivity index (χ1) is 11.4. The van der Waals surface area contributed by atoms with E-state index in [2.05, 4.69) is 26.3 Å². The van der Waals surface area contributed by atoms with Gasteiger partial charge in [-0.05, 0) is 72.8 Å². The molecule has 0 spiro atoms. The maximum absolute atomic E-state index is 12.3. The number of nitrogens with one attached hydrogen (secondary N) is 1. The van der Waals surface area contributed by atoms with E-state index in [1.165, 1.54) is 0 Å². The first-order valence-electron chi connectivity index (χ1n) is 7.74. The Morgan fingerprint density at radius 1 is 1.29 bits per heavy atom. The van der Waals surface area contributed by atoms with Gasteiger partial charge in [0.25, 0.3) is 5.91 Å². The third-order valence-electron chi connectivity index (χ3n) is 4.22. The molecule has 0 saturated heterocycles. The lowest BCUT2D eigenvalue weighted by molar-refractivity contribution is -0.139. The minimum atomic E-state index is -0.977. The van der Waals surface area contributed by atoms with Gasteiger partial charge in [0.15, 0.2) is 0 Å². The highest BCUT2D eigenvalue weighted by atomic mass is 79.9. The van der Waals surface area contributed by atoms with E-state index in [1.54, 1.807) is 28.9 Å². The van der Waals surface area contributed by atoms with Crippen LogP contribution < -0.4 is 5.32 Å². The van der Waals surface area contributed by atoms with Crippen LogP contribution in [-0.2, 0) is 4.79 Å². The maximum atomic E-state index is 12.3. The van der Waals surface area contributed by atoms with Crippen molar-refractivity contribution in [3.8, 4) is 5.69 Å². The van der Waals surface area contributed by atoms with Gasteiger partial charge in [0, 0.05) is 5.56 Å². The Balaban J connectivity index is 1.77. The molecule has 0 bridgehead atoms. The molecule has 1 aromatic carbocycles. The van der Waals surface area contributed by atoms with E-state index in [0.717, 1.165) is 34.4 Å². The molecule has 1 fully saturated rings. The first kappa shape index (κ1) is 16.7. The summed E-state index contributed by atoms with van der Waals surface area (Å²) in [5.41, 5.74) is 3.15. The molecule has 1 atom stereocenters. The zero-order valence-corrected chi connectivity index (χ0v) is 15.0. The van der Waals surface area contributed by atoms with E-state index in [-0.39, 0.29) is 11.8 Å². The van der Waals surface area contributed by atoms with Crippen molar-refractivity contribution in [3.63, 3.8) is 0 Å². The van der Waals surface area contributed by atoms with Crippen molar-refractivity contribution in [2.24, 2.45) is 5.92 Å². The number of rotatable bonds is 5. The van der Waals surface area contributed by atoms with Crippen LogP contribution in [0.2, 0.25) is 0 Å². The van der Waals surface area contributed by atoms with Crippen molar-refractivity contribution in [2.45, 2.75) is 32.7 Å². The summed E-state index contributed by atoms with van der Waals surface area (Å²) in [5, 5.41) is 16.3. The molecule has 0 radical (unpaired) electrons. The highest BCUT2D eigenvalue weighted by Crippen LogP contribution is 2.33. The van der Waals surface area contributed by atoms with Crippen molar-refractivity contribution in [1.82, 2.24) is 15.1 Å². The van der Waals surface area contributed by atoms with Crippen LogP contribution in [0.15, 0.2) is 28.7 Å². The van der Waals surface area contributed by atoms with Crippen LogP contribution in [0.25, 0.3) is 5.69 Å². The number of carbonyl (C=O) groups excluding carboxylic acids is 1. The van der Waals surface area contributed by atoms with Gasteiger partial charge in [0.2, 0.25) is 0 Å². The number of halogens is 1. The summed E-state index contributed by atoms with van der Waals surface area (Å²) < 4.78 is 2.75. The molecule has 1 aromatic heterocycles. The van der Waals surface area contributed by atoms with Crippen LogP contribution in [0.4, 0.5) is 0 Å². The molecule has 1 heterocycles. The summed E-state index contributed by atoms with van der Waals surface area (Å²) in [6.07, 6.45) is 1.70. The minimum absolute atomic E-state index is 0.0535. The van der Waals surface area contributed by atoms with Crippen LogP contribution in [0, 0.1) is 19.8 Å². The number of nitrogens with zero attached hydrogens (tertiary/aromatic N) is 2. The Morgan fingerprint density at radius 3 is 2.38 bits per heavy atom. The predicted octanol–water partition coefficient (Wildman–Crippen LogP) is 2.84. The Labute approximate surface area is 148 Å². The number of aryl methyl sites for hydroxylation is 1. The number of hydrogen-bond acceptors (Lipinski definition) is 3. The minimum Gasteiger partial charge on any atom is -0.480 e. The van der Waals surface area contributed by atoms with Crippen molar-refractivity contribution in [2.75, 3.05) is 0 Å². The van der Waals surface area contributed by atoms with Gasteiger partial charge >= 0.3 is 5.97 Å². The summed E-state index contributed by atoms with van der Waals surface area (Å²) in [6, 6.07) is 6.16. The molecular weight excluding hydrogens is 374 g/mol. The van der Waals surface area contributed by atoms with Gasteiger partial charge in [-0.2, -0.15) is 5.10 Å². The van der Waals surface area contributed by atoms with Gasteiger partial charge in [0.05, 0.1) is 21.5 Å². The van der Waals surface area contributed by atoms with Crippen LogP contribution in [-0.4, -0.2) is 32.8 Å². The quantitative estimate of drug-likeness (QED) is 0.820. The van der Waals surface area contributed by atoms with E-state index in [4.69, 9.17) is 0 Å². The number of aromatic nitrogens is 2. The lowest BCUT2D eigenvalue weighted by Crippen LogP contribution is -2.42. The molecule has 24 heavy (non-hydrogen) atoms. The molecule has 3 rings (SSSR count). The number of benzene rings is 1. The molecule has 7 heteroatoms. The first-order valence-corrected chi connectivity index (χ1v) is 8.53. The molecule has 6 nitrogen and oxygen atoms in total. The van der Waals surface area contributed by atoms with E-state index in [1.807, 2.05) is 13.8 Å². The molecule has 126 valence electrons. The average Bonchev–Trinajstić information content (AvgIpc) is 3.36. The predicted molar refractivity (Wildman–Crippen MR) is 92.4 cm³/mol. The number of amides is 1. The lowest BCUT2D eigenvalue weighted by atomic mass is 10.1. The largest absolute Gasteiger partial charge is 0.480 e. The zero-order chi connectivity index (χ0) is 17.4. The highest BCUT2D eigenvalue weighted by molar-refractivity contribution is 9.10. The smallest absolute Gasteiger partial charge is 0.326 e. The number of carbonyl (C=O) groups is 2. The molecular formula is C17H18BrN3O3. The van der Waals surface area contributed by atoms with E-state index >= 15 is 0 Å². The monoisotopic (exact) mass is 391 g/mol. The van der Waals surface area contributed by atoms with E-state index < -0.39 is 12.0 Å². The van der Waals surface area contributed by atoms with Gasteiger partial charge in [-0.15, -0.1) is 0 Å². The number of carboxylic acid groups (broad SMARTS) is 1. The lowest BCUT2D eigenvalue weighted by Gasteiger charge is -2.13. The van der Waals surface area contributed by atoms with Gasteiger partial charge in [-0.25, -0.2) is 9.48 Å². The van der Waals surface area contributed by atoms with Crippen molar-refractivity contribution in [1.29, 1.82) is 0 Å². The van der Waals surface area contributed by atoms with Crippen LogP contribution in [0.1, 0.15) is 34.6 Å². The van der Waals surface area contributed by atoms with Gasteiger partial charge in [-0.1, -0.05) is 0 Å². The maximum Gasteiger partial charge on any atom is 0.326 e.